The molecule has 2 rings (SSSR count). The second-order valence-electron chi connectivity index (χ2n) is 4.20. The maximum absolute atomic E-state index is 10.1. The topological polar surface area (TPSA) is 20.2 Å². The molecule has 2 aromatic rings. The molecular weight excluding hydrogens is 228 g/mol. The first-order valence-corrected chi connectivity index (χ1v) is 7.21. The predicted octanol–water partition coefficient (Wildman–Crippen LogP) is 4.02. The van der Waals surface area contributed by atoms with Crippen molar-refractivity contribution in [2.75, 3.05) is 11.5 Å². The van der Waals surface area contributed by atoms with E-state index in [1.807, 2.05) is 30.0 Å². The van der Waals surface area contributed by atoms with E-state index in [-0.39, 0.29) is 6.10 Å². The van der Waals surface area contributed by atoms with Gasteiger partial charge in [-0.3, -0.25) is 0 Å². The zero-order valence-corrected chi connectivity index (χ0v) is 10.9. The molecule has 0 aromatic heterocycles. The smallest absolute Gasteiger partial charge is 0.0880 e. The van der Waals surface area contributed by atoms with E-state index in [0.29, 0.717) is 0 Å². The van der Waals surface area contributed by atoms with Crippen LogP contribution in [0.15, 0.2) is 42.5 Å². The van der Waals surface area contributed by atoms with Gasteiger partial charge in [0.25, 0.3) is 0 Å². The van der Waals surface area contributed by atoms with Crippen molar-refractivity contribution in [2.45, 2.75) is 19.4 Å². The molecule has 0 aliphatic carbocycles. The normalized spacial score (nSPS) is 12.8. The Hall–Kier alpha value is -0.990. The fraction of sp³-hybridized carbons (Fsp3) is 0.333. The Kier molecular flexibility index (Phi) is 4.46. The zero-order chi connectivity index (χ0) is 12.1. The van der Waals surface area contributed by atoms with Gasteiger partial charge in [-0.1, -0.05) is 43.3 Å². The van der Waals surface area contributed by atoms with Crippen molar-refractivity contribution < 1.29 is 5.11 Å². The summed E-state index contributed by atoms with van der Waals surface area (Å²) in [6, 6.07) is 14.5. The Morgan fingerprint density at radius 3 is 2.65 bits per heavy atom. The largest absolute Gasteiger partial charge is 0.388 e. The third-order valence-electron chi connectivity index (χ3n) is 2.78. The number of thioether (sulfide) groups is 1. The SMILES string of the molecule is CCCSCC(O)c1ccc2ccccc2c1. The van der Waals surface area contributed by atoms with Gasteiger partial charge >= 0.3 is 0 Å². The van der Waals surface area contributed by atoms with Crippen molar-refractivity contribution in [1.82, 2.24) is 0 Å². The van der Waals surface area contributed by atoms with Crippen LogP contribution in [0.1, 0.15) is 25.0 Å². The predicted molar refractivity (Wildman–Crippen MR) is 76.5 cm³/mol. The lowest BCUT2D eigenvalue weighted by atomic mass is 10.0. The lowest BCUT2D eigenvalue weighted by Gasteiger charge is -2.11. The van der Waals surface area contributed by atoms with Crippen molar-refractivity contribution in [3.63, 3.8) is 0 Å². The molecule has 0 fully saturated rings. The van der Waals surface area contributed by atoms with Crippen LogP contribution < -0.4 is 0 Å². The molecule has 0 radical (unpaired) electrons. The van der Waals surface area contributed by atoms with Crippen LogP contribution in [0.3, 0.4) is 0 Å². The molecule has 1 N–H and O–H groups in total. The summed E-state index contributed by atoms with van der Waals surface area (Å²) in [7, 11) is 0. The molecule has 0 heterocycles. The van der Waals surface area contributed by atoms with Gasteiger partial charge in [-0.15, -0.1) is 0 Å². The van der Waals surface area contributed by atoms with E-state index in [9.17, 15) is 5.11 Å². The molecule has 0 aliphatic heterocycles. The molecular formula is C15H18OS. The standard InChI is InChI=1S/C15H18OS/c1-2-9-17-11-15(16)14-8-7-12-5-3-4-6-13(12)10-14/h3-8,10,15-16H,2,9,11H2,1H3. The second kappa shape index (κ2) is 6.08. The van der Waals surface area contributed by atoms with Gasteiger partial charge in [0, 0.05) is 5.75 Å². The summed E-state index contributed by atoms with van der Waals surface area (Å²) in [5.41, 5.74) is 1.02. The van der Waals surface area contributed by atoms with Crippen LogP contribution in [0.2, 0.25) is 0 Å². The summed E-state index contributed by atoms with van der Waals surface area (Å²) in [6.07, 6.45) is 0.811. The van der Waals surface area contributed by atoms with Crippen molar-refractivity contribution in [1.29, 1.82) is 0 Å². The molecule has 0 aliphatic rings. The van der Waals surface area contributed by atoms with Crippen LogP contribution in [-0.2, 0) is 0 Å². The first kappa shape index (κ1) is 12.5. The zero-order valence-electron chi connectivity index (χ0n) is 10.1. The molecule has 1 unspecified atom stereocenters. The van der Waals surface area contributed by atoms with Gasteiger partial charge in [-0.2, -0.15) is 11.8 Å². The fourth-order valence-electron chi connectivity index (χ4n) is 1.85. The van der Waals surface area contributed by atoms with Crippen molar-refractivity contribution >= 4 is 22.5 Å². The summed E-state index contributed by atoms with van der Waals surface area (Å²) >= 11 is 1.81. The van der Waals surface area contributed by atoms with Crippen molar-refractivity contribution in [3.05, 3.63) is 48.0 Å². The summed E-state index contributed by atoms with van der Waals surface area (Å²) < 4.78 is 0. The molecule has 2 aromatic carbocycles. The van der Waals surface area contributed by atoms with E-state index >= 15 is 0 Å². The van der Waals surface area contributed by atoms with E-state index in [1.54, 1.807) is 0 Å². The maximum atomic E-state index is 10.1. The molecule has 0 spiro atoms. The van der Waals surface area contributed by atoms with Crippen LogP contribution in [-0.4, -0.2) is 16.6 Å². The molecule has 90 valence electrons. The summed E-state index contributed by atoms with van der Waals surface area (Å²) in [4.78, 5) is 0. The highest BCUT2D eigenvalue weighted by molar-refractivity contribution is 7.99. The molecule has 1 nitrogen and oxygen atoms in total. The molecule has 0 saturated carbocycles. The maximum Gasteiger partial charge on any atom is 0.0880 e. The lowest BCUT2D eigenvalue weighted by Crippen LogP contribution is -2.01. The van der Waals surface area contributed by atoms with Crippen LogP contribution in [0.4, 0.5) is 0 Å². The first-order valence-electron chi connectivity index (χ1n) is 6.05. The third kappa shape index (κ3) is 3.24. The fourth-order valence-corrected chi connectivity index (χ4v) is 2.72. The van der Waals surface area contributed by atoms with Gasteiger partial charge in [0.1, 0.15) is 0 Å². The van der Waals surface area contributed by atoms with Gasteiger partial charge in [-0.05, 0) is 34.6 Å². The molecule has 0 saturated heterocycles. The second-order valence-corrected chi connectivity index (χ2v) is 5.35. The van der Waals surface area contributed by atoms with Crippen LogP contribution in [0.25, 0.3) is 10.8 Å². The highest BCUT2D eigenvalue weighted by Crippen LogP contribution is 2.23. The van der Waals surface area contributed by atoms with Gasteiger partial charge in [0.15, 0.2) is 0 Å². The van der Waals surface area contributed by atoms with Crippen molar-refractivity contribution in [3.8, 4) is 0 Å². The van der Waals surface area contributed by atoms with Crippen LogP contribution in [0.5, 0.6) is 0 Å². The highest BCUT2D eigenvalue weighted by Gasteiger charge is 2.07. The average Bonchev–Trinajstić information content (AvgIpc) is 2.38. The summed E-state index contributed by atoms with van der Waals surface area (Å²) in [6.45, 7) is 2.16. The van der Waals surface area contributed by atoms with Crippen LogP contribution >= 0.6 is 11.8 Å². The minimum Gasteiger partial charge on any atom is -0.388 e. The lowest BCUT2D eigenvalue weighted by molar-refractivity contribution is 0.204. The Balaban J connectivity index is 2.12. The van der Waals surface area contributed by atoms with E-state index in [0.717, 1.165) is 23.5 Å². The van der Waals surface area contributed by atoms with Crippen LogP contribution in [0, 0.1) is 0 Å². The average molecular weight is 246 g/mol. The summed E-state index contributed by atoms with van der Waals surface area (Å²) in [5, 5.41) is 12.5. The number of benzene rings is 2. The quantitative estimate of drug-likeness (QED) is 0.804. The third-order valence-corrected chi connectivity index (χ3v) is 4.03. The molecule has 0 bridgehead atoms. The summed E-state index contributed by atoms with van der Waals surface area (Å²) in [5.74, 6) is 1.90. The first-order chi connectivity index (χ1) is 8.31. The Morgan fingerprint density at radius 1 is 1.12 bits per heavy atom. The van der Waals surface area contributed by atoms with Gasteiger partial charge in [0.05, 0.1) is 6.10 Å². The number of aliphatic hydroxyl groups is 1. The van der Waals surface area contributed by atoms with E-state index < -0.39 is 0 Å². The number of aliphatic hydroxyl groups excluding tert-OH is 1. The van der Waals surface area contributed by atoms with Gasteiger partial charge < -0.3 is 5.11 Å². The minimum atomic E-state index is -0.351. The van der Waals surface area contributed by atoms with Gasteiger partial charge in [-0.25, -0.2) is 0 Å². The monoisotopic (exact) mass is 246 g/mol. The Morgan fingerprint density at radius 2 is 1.88 bits per heavy atom. The minimum absolute atomic E-state index is 0.351. The number of hydrogen-bond acceptors (Lipinski definition) is 2. The van der Waals surface area contributed by atoms with Gasteiger partial charge in [0.2, 0.25) is 0 Å². The molecule has 17 heavy (non-hydrogen) atoms. The Bertz CT molecular complexity index is 481. The van der Waals surface area contributed by atoms with E-state index in [4.69, 9.17) is 0 Å². The molecule has 1 atom stereocenters. The van der Waals surface area contributed by atoms with Crippen molar-refractivity contribution in [2.24, 2.45) is 0 Å². The molecule has 0 amide bonds. The Labute approximate surface area is 107 Å². The van der Waals surface area contributed by atoms with E-state index in [2.05, 4.69) is 31.2 Å². The number of fused-ring (bicyclic) bond motifs is 1. The number of rotatable bonds is 5. The highest BCUT2D eigenvalue weighted by atomic mass is 32.2. The molecule has 2 heteroatoms. The number of hydrogen-bond donors (Lipinski definition) is 1. The van der Waals surface area contributed by atoms with E-state index in [1.165, 1.54) is 10.8 Å².